The molecule has 13 heteroatoms. The zero-order valence-electron chi connectivity index (χ0n) is 16.1. The zero-order valence-corrected chi connectivity index (χ0v) is 17.7. The van der Waals surface area contributed by atoms with E-state index in [0.717, 1.165) is 36.6 Å². The molecule has 0 spiro atoms. The Bertz CT molecular complexity index is 1090. The second-order valence-corrected chi connectivity index (χ2v) is 9.94. The highest BCUT2D eigenvalue weighted by atomic mass is 32.2. The molecule has 11 nitrogen and oxygen atoms in total. The van der Waals surface area contributed by atoms with Crippen molar-refractivity contribution in [3.63, 3.8) is 0 Å². The second-order valence-electron chi connectivity index (χ2n) is 6.25. The quantitative estimate of drug-likeness (QED) is 0.331. The third-order valence-corrected chi connectivity index (χ3v) is 6.81. The minimum absolute atomic E-state index is 0.0727. The van der Waals surface area contributed by atoms with Crippen LogP contribution in [0.5, 0.6) is 0 Å². The summed E-state index contributed by atoms with van der Waals surface area (Å²) in [5.74, 6) is -5.24. The predicted octanol–water partition coefficient (Wildman–Crippen LogP) is -0.926. The Hall–Kier alpha value is -2.80. The SMILES string of the molecule is CNC1=C(CC(=O)C/C=C/S(=O)(=O)C(=O)C(=O)C(=O)C(=O)S(=O)(=O)C(C)=O)CCC1. The first-order valence-electron chi connectivity index (χ1n) is 8.50. The first-order valence-corrected chi connectivity index (χ1v) is 11.5. The molecule has 1 aliphatic rings. The number of hydrogen-bond acceptors (Lipinski definition) is 11. The van der Waals surface area contributed by atoms with E-state index in [4.69, 9.17) is 0 Å². The van der Waals surface area contributed by atoms with E-state index in [1.54, 1.807) is 7.05 Å². The molecular weight excluding hydrogens is 442 g/mol. The van der Waals surface area contributed by atoms with Crippen molar-refractivity contribution in [3.05, 3.63) is 22.8 Å². The van der Waals surface area contributed by atoms with Crippen LogP contribution in [0.1, 0.15) is 39.0 Å². The highest BCUT2D eigenvalue weighted by Crippen LogP contribution is 2.26. The van der Waals surface area contributed by atoms with Crippen LogP contribution in [-0.2, 0) is 48.4 Å². The number of sulfone groups is 2. The van der Waals surface area contributed by atoms with E-state index in [0.29, 0.717) is 6.92 Å². The van der Waals surface area contributed by atoms with Crippen LogP contribution in [0.15, 0.2) is 22.8 Å². The summed E-state index contributed by atoms with van der Waals surface area (Å²) in [7, 11) is -8.64. The molecule has 0 unspecified atom stereocenters. The van der Waals surface area contributed by atoms with Gasteiger partial charge in [-0.3, -0.25) is 28.8 Å². The lowest BCUT2D eigenvalue weighted by atomic mass is 10.1. The van der Waals surface area contributed by atoms with Gasteiger partial charge in [-0.2, -0.15) is 0 Å². The number of allylic oxidation sites excluding steroid dienone is 3. The highest BCUT2D eigenvalue weighted by molar-refractivity contribution is 8.20. The molecule has 0 aliphatic heterocycles. The van der Waals surface area contributed by atoms with Crippen molar-refractivity contribution < 1.29 is 45.6 Å². The number of rotatable bonds is 9. The van der Waals surface area contributed by atoms with Gasteiger partial charge in [0.1, 0.15) is 5.78 Å². The molecule has 0 saturated carbocycles. The lowest BCUT2D eigenvalue weighted by Crippen LogP contribution is -2.39. The van der Waals surface area contributed by atoms with E-state index < -0.39 is 46.6 Å². The minimum Gasteiger partial charge on any atom is -0.391 e. The van der Waals surface area contributed by atoms with Crippen LogP contribution in [0.25, 0.3) is 0 Å². The van der Waals surface area contributed by atoms with Gasteiger partial charge in [0, 0.05) is 37.9 Å². The van der Waals surface area contributed by atoms with Gasteiger partial charge in [-0.05, 0) is 24.8 Å². The van der Waals surface area contributed by atoms with Gasteiger partial charge < -0.3 is 5.32 Å². The number of Topliss-reactive ketones (excluding diaryl/α,β-unsaturated/α-hetero) is 3. The molecule has 0 bridgehead atoms. The molecule has 0 heterocycles. The standard InChI is InChI=1S/C17H19NO10S2/c1-10(19)30(27,28)17(24)15(22)14(21)16(23)29(25,26)8-4-6-12(20)9-11-5-3-7-13(11)18-2/h4,8,18H,3,5-7,9H2,1-2H3/b8-4+. The fourth-order valence-corrected chi connectivity index (χ4v) is 3.97. The van der Waals surface area contributed by atoms with Gasteiger partial charge in [0.2, 0.25) is 9.84 Å². The fraction of sp³-hybridized carbons (Fsp3) is 0.412. The number of carbonyl (C=O) groups excluding carboxylic acids is 6. The van der Waals surface area contributed by atoms with Crippen molar-refractivity contribution in [1.29, 1.82) is 0 Å². The number of ketones is 3. The van der Waals surface area contributed by atoms with E-state index in [2.05, 4.69) is 5.32 Å². The summed E-state index contributed by atoms with van der Waals surface area (Å²) in [6.07, 6.45) is 2.89. The van der Waals surface area contributed by atoms with E-state index in [1.165, 1.54) is 0 Å². The van der Waals surface area contributed by atoms with Gasteiger partial charge in [-0.1, -0.05) is 6.08 Å². The average Bonchev–Trinajstić information content (AvgIpc) is 3.12. The molecule has 30 heavy (non-hydrogen) atoms. The largest absolute Gasteiger partial charge is 0.391 e. The third-order valence-electron chi connectivity index (χ3n) is 4.12. The minimum atomic E-state index is -5.31. The van der Waals surface area contributed by atoms with Gasteiger partial charge in [0.05, 0.1) is 0 Å². The summed E-state index contributed by atoms with van der Waals surface area (Å²) in [6.45, 7) is 0.435. The maximum atomic E-state index is 12.0. The number of carbonyl (C=O) groups is 6. The summed E-state index contributed by atoms with van der Waals surface area (Å²) in [4.78, 5) is 69.0. The second kappa shape index (κ2) is 9.80. The van der Waals surface area contributed by atoms with Gasteiger partial charge >= 0.3 is 10.2 Å². The Labute approximate surface area is 172 Å². The molecule has 0 amide bonds. The maximum Gasteiger partial charge on any atom is 0.328 e. The summed E-state index contributed by atoms with van der Waals surface area (Å²) in [5, 5.41) is -3.39. The Kier molecular flexibility index (Phi) is 8.25. The zero-order chi connectivity index (χ0) is 23.3. The van der Waals surface area contributed by atoms with Gasteiger partial charge in [-0.25, -0.2) is 16.8 Å². The molecule has 1 aliphatic carbocycles. The summed E-state index contributed by atoms with van der Waals surface area (Å²) in [5.41, 5.74) is 1.82. The van der Waals surface area contributed by atoms with E-state index in [-0.39, 0.29) is 24.0 Å². The first kappa shape index (κ1) is 25.2. The van der Waals surface area contributed by atoms with Crippen LogP contribution in [0.4, 0.5) is 0 Å². The molecule has 0 aromatic rings. The van der Waals surface area contributed by atoms with Crippen LogP contribution >= 0.6 is 0 Å². The number of nitrogens with one attached hydrogen (secondary N) is 1. The Morgan fingerprint density at radius 3 is 2.03 bits per heavy atom. The normalized spacial score (nSPS) is 14.6. The van der Waals surface area contributed by atoms with Crippen LogP contribution in [-0.4, -0.2) is 56.6 Å². The maximum absolute atomic E-state index is 12.0. The van der Waals surface area contributed by atoms with Gasteiger partial charge in [0.15, 0.2) is 0 Å². The highest BCUT2D eigenvalue weighted by Gasteiger charge is 2.42. The van der Waals surface area contributed by atoms with Crippen LogP contribution in [0.2, 0.25) is 0 Å². The Morgan fingerprint density at radius 2 is 1.50 bits per heavy atom. The molecule has 1 N–H and O–H groups in total. The van der Waals surface area contributed by atoms with Crippen molar-refractivity contribution in [3.8, 4) is 0 Å². The predicted molar refractivity (Wildman–Crippen MR) is 102 cm³/mol. The molecule has 0 atom stereocenters. The molecule has 1 rings (SSSR count). The molecular formula is C17H19NO10S2. The molecule has 0 radical (unpaired) electrons. The summed E-state index contributed by atoms with van der Waals surface area (Å²) >= 11 is 0. The van der Waals surface area contributed by atoms with Crippen molar-refractivity contribution >= 4 is 52.4 Å². The van der Waals surface area contributed by atoms with E-state index in [9.17, 15) is 45.6 Å². The summed E-state index contributed by atoms with van der Waals surface area (Å²) in [6, 6.07) is 0. The molecule has 0 saturated heterocycles. The topological polar surface area (TPSA) is 183 Å². The number of hydrogen-bond donors (Lipinski definition) is 1. The Balaban J connectivity index is 2.83. The Morgan fingerprint density at radius 1 is 0.933 bits per heavy atom. The smallest absolute Gasteiger partial charge is 0.328 e. The lowest BCUT2D eigenvalue weighted by Gasteiger charge is -2.05. The monoisotopic (exact) mass is 461 g/mol. The third kappa shape index (κ3) is 5.86. The van der Waals surface area contributed by atoms with Crippen molar-refractivity contribution in [2.24, 2.45) is 0 Å². The molecule has 164 valence electrons. The van der Waals surface area contributed by atoms with Crippen LogP contribution < -0.4 is 5.32 Å². The van der Waals surface area contributed by atoms with Crippen LogP contribution in [0.3, 0.4) is 0 Å². The molecule has 0 fully saturated rings. The average molecular weight is 461 g/mol. The van der Waals surface area contributed by atoms with Crippen molar-refractivity contribution in [2.75, 3.05) is 7.05 Å². The van der Waals surface area contributed by atoms with E-state index in [1.807, 2.05) is 0 Å². The van der Waals surface area contributed by atoms with Crippen LogP contribution in [0, 0.1) is 0 Å². The first-order chi connectivity index (χ1) is 13.8. The van der Waals surface area contributed by atoms with Crippen molar-refractivity contribution in [2.45, 2.75) is 39.0 Å². The lowest BCUT2D eigenvalue weighted by molar-refractivity contribution is -0.144. The molecule has 0 aromatic heterocycles. The fourth-order valence-electron chi connectivity index (χ4n) is 2.55. The van der Waals surface area contributed by atoms with E-state index >= 15 is 0 Å². The van der Waals surface area contributed by atoms with Gasteiger partial charge in [-0.15, -0.1) is 0 Å². The van der Waals surface area contributed by atoms with Gasteiger partial charge in [0.25, 0.3) is 26.5 Å². The summed E-state index contributed by atoms with van der Waals surface area (Å²) < 4.78 is 46.3. The molecule has 0 aromatic carbocycles. The van der Waals surface area contributed by atoms with Crippen molar-refractivity contribution in [1.82, 2.24) is 5.32 Å².